The molecule has 2 aliphatic rings. The van der Waals surface area contributed by atoms with E-state index in [4.69, 9.17) is 9.47 Å². The number of hydrogen-bond donors (Lipinski definition) is 2. The van der Waals surface area contributed by atoms with Crippen LogP contribution in [0.15, 0.2) is 48.5 Å². The molecule has 0 unspecified atom stereocenters. The number of rotatable bonds is 6. The number of β-amino-alcohol motifs (C(OH)–C–C–N with tert-alkyl or cyclic N) is 1. The minimum atomic E-state index is -0.736. The van der Waals surface area contributed by atoms with Gasteiger partial charge in [-0.2, -0.15) is 0 Å². The number of benzene rings is 2. The van der Waals surface area contributed by atoms with E-state index in [9.17, 15) is 18.7 Å². The molecule has 0 radical (unpaired) electrons. The van der Waals surface area contributed by atoms with Gasteiger partial charge in [0.1, 0.15) is 11.6 Å². The zero-order valence-corrected chi connectivity index (χ0v) is 19.3. The molecule has 0 aromatic heterocycles. The number of nitrogens with one attached hydrogen (secondary N) is 1. The first-order valence-electron chi connectivity index (χ1n) is 11.8. The predicted octanol–water partition coefficient (Wildman–Crippen LogP) is 3.34. The topological polar surface area (TPSA) is 71.0 Å². The minimum absolute atomic E-state index is 0.0827. The van der Waals surface area contributed by atoms with Crippen LogP contribution >= 0.6 is 0 Å². The summed E-state index contributed by atoms with van der Waals surface area (Å²) in [5, 5.41) is 13.3. The van der Waals surface area contributed by atoms with Gasteiger partial charge in [0.05, 0.1) is 44.0 Å². The molecule has 2 fully saturated rings. The maximum absolute atomic E-state index is 14.3. The molecule has 2 aromatic rings. The highest BCUT2D eigenvalue weighted by Crippen LogP contribution is 2.29. The largest absolute Gasteiger partial charge is 0.389 e. The molecule has 6 nitrogen and oxygen atoms in total. The molecular weight excluding hydrogens is 442 g/mol. The fourth-order valence-corrected chi connectivity index (χ4v) is 4.84. The molecule has 0 aliphatic carbocycles. The summed E-state index contributed by atoms with van der Waals surface area (Å²) in [5.74, 6) is -1.06. The quantitative estimate of drug-likeness (QED) is 0.672. The molecule has 5 atom stereocenters. The molecule has 2 saturated heterocycles. The van der Waals surface area contributed by atoms with E-state index in [1.165, 1.54) is 6.07 Å². The maximum atomic E-state index is 14.3. The van der Waals surface area contributed by atoms with Gasteiger partial charge in [0.2, 0.25) is 5.91 Å². The van der Waals surface area contributed by atoms with Crippen LogP contribution in [0, 0.1) is 11.6 Å². The van der Waals surface area contributed by atoms with E-state index >= 15 is 0 Å². The lowest BCUT2D eigenvalue weighted by molar-refractivity contribution is -0.158. The highest BCUT2D eigenvalue weighted by atomic mass is 19.1. The van der Waals surface area contributed by atoms with E-state index in [1.807, 2.05) is 42.2 Å². The van der Waals surface area contributed by atoms with Crippen LogP contribution in [-0.4, -0.2) is 60.0 Å². The SMILES string of the molecule is C[C@@H](NC(=O)C[C@H]1CC[C@H]2[C@@H](COC[C@H](O)CN2Cc2cc(F)ccc2F)O1)c1ccccc1. The molecule has 0 spiro atoms. The average Bonchev–Trinajstić information content (AvgIpc) is 2.80. The van der Waals surface area contributed by atoms with E-state index in [1.54, 1.807) is 0 Å². The third-order valence-electron chi connectivity index (χ3n) is 6.56. The summed E-state index contributed by atoms with van der Waals surface area (Å²) in [6.07, 6.45) is 0.255. The molecule has 4 rings (SSSR count). The van der Waals surface area contributed by atoms with Crippen LogP contribution in [0.3, 0.4) is 0 Å². The van der Waals surface area contributed by atoms with Gasteiger partial charge in [-0.1, -0.05) is 30.3 Å². The number of carbonyl (C=O) groups is 1. The first-order chi connectivity index (χ1) is 16.4. The summed E-state index contributed by atoms with van der Waals surface area (Å²) < 4.78 is 39.9. The van der Waals surface area contributed by atoms with Gasteiger partial charge in [0, 0.05) is 24.7 Å². The number of fused-ring (bicyclic) bond motifs is 1. The van der Waals surface area contributed by atoms with Crippen LogP contribution in [0.5, 0.6) is 0 Å². The standard InChI is InChI=1S/C26H32F2N2O4/c1-17(18-5-3-2-4-6-18)29-26(32)12-22-8-10-24-25(34-22)16-33-15-21(31)14-30(24)13-19-11-20(27)7-9-23(19)28/h2-7,9,11,17,21-22,24-25,31H,8,10,12-16H2,1H3,(H,29,32)/t17-,21-,22-,24+,25-/m1/s1. The lowest BCUT2D eigenvalue weighted by atomic mass is 9.94. The van der Waals surface area contributed by atoms with E-state index in [0.717, 1.165) is 17.7 Å². The Kier molecular flexibility index (Phi) is 8.26. The van der Waals surface area contributed by atoms with Crippen molar-refractivity contribution in [2.45, 2.75) is 63.1 Å². The van der Waals surface area contributed by atoms with Crippen LogP contribution in [0.2, 0.25) is 0 Å². The molecule has 2 N–H and O–H groups in total. The fourth-order valence-electron chi connectivity index (χ4n) is 4.84. The summed E-state index contributed by atoms with van der Waals surface area (Å²) in [6, 6.07) is 12.9. The monoisotopic (exact) mass is 474 g/mol. The number of nitrogens with zero attached hydrogens (tertiary/aromatic N) is 1. The van der Waals surface area contributed by atoms with Crippen LogP contribution < -0.4 is 5.32 Å². The van der Waals surface area contributed by atoms with Gasteiger partial charge < -0.3 is 19.9 Å². The van der Waals surface area contributed by atoms with Crippen molar-refractivity contribution >= 4 is 5.91 Å². The summed E-state index contributed by atoms with van der Waals surface area (Å²) in [6.45, 7) is 2.77. The van der Waals surface area contributed by atoms with Crippen molar-refractivity contribution in [3.8, 4) is 0 Å². The van der Waals surface area contributed by atoms with E-state index in [0.29, 0.717) is 12.8 Å². The number of aliphatic hydroxyl groups is 1. The highest BCUT2D eigenvalue weighted by Gasteiger charge is 2.38. The normalized spacial score (nSPS) is 26.7. The van der Waals surface area contributed by atoms with Crippen molar-refractivity contribution in [3.63, 3.8) is 0 Å². The molecule has 0 saturated carbocycles. The lowest BCUT2D eigenvalue weighted by Crippen LogP contribution is -2.55. The van der Waals surface area contributed by atoms with Crippen molar-refractivity contribution in [2.75, 3.05) is 19.8 Å². The lowest BCUT2D eigenvalue weighted by Gasteiger charge is -2.44. The van der Waals surface area contributed by atoms with E-state index in [2.05, 4.69) is 5.32 Å². The third-order valence-corrected chi connectivity index (χ3v) is 6.56. The molecule has 34 heavy (non-hydrogen) atoms. The Morgan fingerprint density at radius 2 is 1.97 bits per heavy atom. The number of ether oxygens (including phenoxy) is 2. The third kappa shape index (κ3) is 6.39. The Balaban J connectivity index is 1.39. The van der Waals surface area contributed by atoms with Crippen LogP contribution in [0.25, 0.3) is 0 Å². The molecule has 184 valence electrons. The molecule has 2 aromatic carbocycles. The number of aliphatic hydroxyl groups excluding tert-OH is 1. The summed E-state index contributed by atoms with van der Waals surface area (Å²) in [7, 11) is 0. The second kappa shape index (κ2) is 11.4. The Bertz CT molecular complexity index is 961. The fraction of sp³-hybridized carbons (Fsp3) is 0.500. The maximum Gasteiger partial charge on any atom is 0.223 e. The first kappa shape index (κ1) is 24.7. The van der Waals surface area contributed by atoms with E-state index in [-0.39, 0.29) is 68.5 Å². The predicted molar refractivity (Wildman–Crippen MR) is 123 cm³/mol. The van der Waals surface area contributed by atoms with Gasteiger partial charge in [0.15, 0.2) is 0 Å². The smallest absolute Gasteiger partial charge is 0.223 e. The molecule has 2 heterocycles. The summed E-state index contributed by atoms with van der Waals surface area (Å²) in [5.41, 5.74) is 1.27. The summed E-state index contributed by atoms with van der Waals surface area (Å²) in [4.78, 5) is 14.6. The minimum Gasteiger partial charge on any atom is -0.389 e. The Hall–Kier alpha value is -2.39. The summed E-state index contributed by atoms with van der Waals surface area (Å²) >= 11 is 0. The van der Waals surface area contributed by atoms with Gasteiger partial charge >= 0.3 is 0 Å². The second-order valence-electron chi connectivity index (χ2n) is 9.20. The molecule has 8 heteroatoms. The van der Waals surface area contributed by atoms with Crippen molar-refractivity contribution in [3.05, 3.63) is 71.3 Å². The number of hydrogen-bond acceptors (Lipinski definition) is 5. The number of halogens is 2. The zero-order valence-electron chi connectivity index (χ0n) is 19.3. The molecular formula is C26H32F2N2O4. The van der Waals surface area contributed by atoms with Crippen LogP contribution in [-0.2, 0) is 20.8 Å². The van der Waals surface area contributed by atoms with Crippen molar-refractivity contribution in [1.29, 1.82) is 0 Å². The van der Waals surface area contributed by atoms with Crippen molar-refractivity contribution in [1.82, 2.24) is 10.2 Å². The van der Waals surface area contributed by atoms with Crippen LogP contribution in [0.4, 0.5) is 8.78 Å². The van der Waals surface area contributed by atoms with Gasteiger partial charge in [-0.25, -0.2) is 8.78 Å². The van der Waals surface area contributed by atoms with Gasteiger partial charge in [0.25, 0.3) is 0 Å². The average molecular weight is 475 g/mol. The van der Waals surface area contributed by atoms with Crippen LogP contribution in [0.1, 0.15) is 43.4 Å². The first-order valence-corrected chi connectivity index (χ1v) is 11.8. The highest BCUT2D eigenvalue weighted by molar-refractivity contribution is 5.77. The van der Waals surface area contributed by atoms with Gasteiger partial charge in [-0.15, -0.1) is 0 Å². The van der Waals surface area contributed by atoms with Gasteiger partial charge in [-0.05, 0) is 43.5 Å². The van der Waals surface area contributed by atoms with Crippen molar-refractivity contribution in [2.24, 2.45) is 0 Å². The second-order valence-corrected chi connectivity index (χ2v) is 9.20. The Morgan fingerprint density at radius 1 is 1.18 bits per heavy atom. The zero-order chi connectivity index (χ0) is 24.1. The van der Waals surface area contributed by atoms with Crippen molar-refractivity contribution < 1.29 is 28.2 Å². The van der Waals surface area contributed by atoms with E-state index < -0.39 is 17.7 Å². The van der Waals surface area contributed by atoms with Gasteiger partial charge in [-0.3, -0.25) is 9.69 Å². The Morgan fingerprint density at radius 3 is 2.76 bits per heavy atom. The number of carbonyl (C=O) groups excluding carboxylic acids is 1. The molecule has 2 aliphatic heterocycles. The molecule has 0 bridgehead atoms. The molecule has 1 amide bonds. The number of amides is 1. The Labute approximate surface area is 198 Å².